The average molecular weight is 400 g/mol. The van der Waals surface area contributed by atoms with E-state index in [0.29, 0.717) is 5.56 Å². The first kappa shape index (κ1) is 19.2. The molecule has 0 spiro atoms. The molecule has 3 fully saturated rings. The van der Waals surface area contributed by atoms with Crippen LogP contribution in [0.5, 0.6) is 0 Å². The van der Waals surface area contributed by atoms with Gasteiger partial charge in [0, 0.05) is 17.2 Å². The molecule has 0 aromatic heterocycles. The van der Waals surface area contributed by atoms with Crippen LogP contribution in [0.4, 0.5) is 5.69 Å². The standard InChI is InChI=1S/C20H20N2O7/c1-10-2-3-11(7-14(10)22(27)28)15(23)9-29-16(24)8-21-19(25)17-12-4-5-13(6-12)18(17)20(21)26/h2-3,7,12-13,17-18H,4-6,8-9H2,1H3/t12-,13-,17+,18+/m0/s1. The molecule has 1 heterocycles. The maximum absolute atomic E-state index is 12.6. The molecule has 1 aromatic rings. The van der Waals surface area contributed by atoms with Crippen molar-refractivity contribution in [1.29, 1.82) is 0 Å². The molecule has 2 bridgehead atoms. The summed E-state index contributed by atoms with van der Waals surface area (Å²) in [5, 5.41) is 11.0. The summed E-state index contributed by atoms with van der Waals surface area (Å²) >= 11 is 0. The van der Waals surface area contributed by atoms with Crippen molar-refractivity contribution >= 4 is 29.3 Å². The van der Waals surface area contributed by atoms with E-state index in [-0.39, 0.29) is 46.7 Å². The van der Waals surface area contributed by atoms with E-state index in [1.807, 2.05) is 0 Å². The molecule has 2 saturated carbocycles. The number of likely N-dealkylation sites (tertiary alicyclic amines) is 1. The Kier molecular flexibility index (Phi) is 4.68. The Morgan fingerprint density at radius 2 is 1.79 bits per heavy atom. The van der Waals surface area contributed by atoms with Crippen LogP contribution >= 0.6 is 0 Å². The summed E-state index contributed by atoms with van der Waals surface area (Å²) in [4.78, 5) is 60.9. The second-order valence-electron chi connectivity index (χ2n) is 7.99. The average Bonchev–Trinajstić information content (AvgIpc) is 3.36. The highest BCUT2D eigenvalue weighted by molar-refractivity contribution is 6.08. The van der Waals surface area contributed by atoms with Crippen LogP contribution in [0.3, 0.4) is 0 Å². The largest absolute Gasteiger partial charge is 0.456 e. The number of nitro groups is 1. The fraction of sp³-hybridized carbons (Fsp3) is 0.500. The van der Waals surface area contributed by atoms with Gasteiger partial charge in [0.2, 0.25) is 17.6 Å². The first-order chi connectivity index (χ1) is 13.8. The first-order valence-corrected chi connectivity index (χ1v) is 9.57. The number of hydrogen-bond acceptors (Lipinski definition) is 7. The van der Waals surface area contributed by atoms with Crippen LogP contribution in [0.2, 0.25) is 0 Å². The monoisotopic (exact) mass is 400 g/mol. The van der Waals surface area contributed by atoms with Gasteiger partial charge in [0.1, 0.15) is 6.54 Å². The molecule has 2 aliphatic carbocycles. The number of imide groups is 1. The number of carbonyl (C=O) groups is 4. The third kappa shape index (κ3) is 3.20. The predicted molar refractivity (Wildman–Crippen MR) is 97.7 cm³/mol. The number of carbonyl (C=O) groups excluding carboxylic acids is 4. The first-order valence-electron chi connectivity index (χ1n) is 9.57. The minimum atomic E-state index is -0.853. The summed E-state index contributed by atoms with van der Waals surface area (Å²) in [5.41, 5.74) is 0.264. The fourth-order valence-electron chi connectivity index (χ4n) is 5.01. The number of ether oxygens (including phenoxy) is 1. The molecule has 3 aliphatic rings. The molecule has 2 amide bonds. The van der Waals surface area contributed by atoms with E-state index in [1.54, 1.807) is 6.92 Å². The zero-order chi connectivity index (χ0) is 20.9. The number of Topliss-reactive ketones (excluding diaryl/α,β-unsaturated/α-hetero) is 1. The van der Waals surface area contributed by atoms with Gasteiger partial charge in [-0.05, 0) is 38.0 Å². The summed E-state index contributed by atoms with van der Waals surface area (Å²) in [7, 11) is 0. The number of esters is 1. The van der Waals surface area contributed by atoms with Gasteiger partial charge in [-0.15, -0.1) is 0 Å². The van der Waals surface area contributed by atoms with Gasteiger partial charge in [0.25, 0.3) is 5.69 Å². The molecule has 152 valence electrons. The Bertz CT molecular complexity index is 913. The van der Waals surface area contributed by atoms with E-state index in [4.69, 9.17) is 4.74 Å². The van der Waals surface area contributed by atoms with Crippen molar-refractivity contribution < 1.29 is 28.8 Å². The minimum Gasteiger partial charge on any atom is -0.456 e. The SMILES string of the molecule is Cc1ccc(C(=O)COC(=O)CN2C(=O)[C@@H]3[C@H]4CC[C@@H](C4)[C@H]3C2=O)cc1[N+](=O)[O-]. The summed E-state index contributed by atoms with van der Waals surface area (Å²) in [6.45, 7) is 0.427. The van der Waals surface area contributed by atoms with Crippen molar-refractivity contribution in [3.8, 4) is 0 Å². The number of ketones is 1. The highest BCUT2D eigenvalue weighted by atomic mass is 16.6. The zero-order valence-corrected chi connectivity index (χ0v) is 15.8. The van der Waals surface area contributed by atoms with Gasteiger partial charge >= 0.3 is 5.97 Å². The summed E-state index contributed by atoms with van der Waals surface area (Å²) < 4.78 is 4.93. The molecule has 1 saturated heterocycles. The third-order valence-corrected chi connectivity index (χ3v) is 6.40. The van der Waals surface area contributed by atoms with Gasteiger partial charge in [-0.3, -0.25) is 34.2 Å². The van der Waals surface area contributed by atoms with E-state index in [2.05, 4.69) is 0 Å². The van der Waals surface area contributed by atoms with E-state index in [0.717, 1.165) is 30.2 Å². The number of benzene rings is 1. The van der Waals surface area contributed by atoms with Crippen LogP contribution in [0.25, 0.3) is 0 Å². The van der Waals surface area contributed by atoms with Crippen LogP contribution in [0.15, 0.2) is 18.2 Å². The molecule has 0 unspecified atom stereocenters. The number of rotatable bonds is 6. The molecule has 0 radical (unpaired) electrons. The Morgan fingerprint density at radius 1 is 1.17 bits per heavy atom. The van der Waals surface area contributed by atoms with E-state index >= 15 is 0 Å². The molecular weight excluding hydrogens is 380 g/mol. The van der Waals surface area contributed by atoms with Crippen LogP contribution in [-0.2, 0) is 19.1 Å². The second-order valence-corrected chi connectivity index (χ2v) is 7.99. The molecule has 4 atom stereocenters. The van der Waals surface area contributed by atoms with Crippen molar-refractivity contribution in [3.05, 3.63) is 39.4 Å². The minimum absolute atomic E-state index is 0.0505. The van der Waals surface area contributed by atoms with E-state index in [1.165, 1.54) is 12.1 Å². The van der Waals surface area contributed by atoms with Crippen molar-refractivity contribution in [2.45, 2.75) is 26.2 Å². The molecule has 4 rings (SSSR count). The normalized spacial score (nSPS) is 27.3. The van der Waals surface area contributed by atoms with Crippen LogP contribution in [0.1, 0.15) is 35.2 Å². The number of amides is 2. The van der Waals surface area contributed by atoms with Gasteiger partial charge in [0.05, 0.1) is 16.8 Å². The van der Waals surface area contributed by atoms with Gasteiger partial charge in [0.15, 0.2) is 6.61 Å². The summed E-state index contributed by atoms with van der Waals surface area (Å²) in [6.07, 6.45) is 2.79. The maximum atomic E-state index is 12.6. The lowest BCUT2D eigenvalue weighted by Gasteiger charge is -2.19. The number of fused-ring (bicyclic) bond motifs is 5. The Balaban J connectivity index is 1.35. The van der Waals surface area contributed by atoms with Crippen molar-refractivity contribution in [1.82, 2.24) is 4.90 Å². The van der Waals surface area contributed by atoms with Crippen LogP contribution in [-0.4, -0.2) is 46.5 Å². The molecule has 29 heavy (non-hydrogen) atoms. The molecule has 1 aromatic carbocycles. The zero-order valence-electron chi connectivity index (χ0n) is 15.8. The Hall–Kier alpha value is -3.10. The van der Waals surface area contributed by atoms with Gasteiger partial charge < -0.3 is 4.74 Å². The maximum Gasteiger partial charge on any atom is 0.326 e. The Labute approximate surface area is 166 Å². The van der Waals surface area contributed by atoms with E-state index < -0.39 is 29.8 Å². The highest BCUT2D eigenvalue weighted by Crippen LogP contribution is 2.56. The van der Waals surface area contributed by atoms with Crippen LogP contribution < -0.4 is 0 Å². The molecular formula is C20H20N2O7. The molecule has 9 nitrogen and oxygen atoms in total. The highest BCUT2D eigenvalue weighted by Gasteiger charge is 2.61. The van der Waals surface area contributed by atoms with Crippen molar-refractivity contribution in [2.24, 2.45) is 23.7 Å². The lowest BCUT2D eigenvalue weighted by Crippen LogP contribution is -2.38. The molecule has 9 heteroatoms. The topological polar surface area (TPSA) is 124 Å². The molecule has 1 aliphatic heterocycles. The van der Waals surface area contributed by atoms with Gasteiger partial charge in [-0.2, -0.15) is 0 Å². The third-order valence-electron chi connectivity index (χ3n) is 6.40. The summed E-state index contributed by atoms with van der Waals surface area (Å²) in [6, 6.07) is 4.00. The van der Waals surface area contributed by atoms with Crippen molar-refractivity contribution in [2.75, 3.05) is 13.2 Å². The van der Waals surface area contributed by atoms with Gasteiger partial charge in [-0.1, -0.05) is 12.1 Å². The van der Waals surface area contributed by atoms with Gasteiger partial charge in [-0.25, -0.2) is 0 Å². The lowest BCUT2D eigenvalue weighted by atomic mass is 9.81. The Morgan fingerprint density at radius 3 is 2.38 bits per heavy atom. The van der Waals surface area contributed by atoms with Crippen LogP contribution in [0, 0.1) is 40.7 Å². The number of hydrogen-bond donors (Lipinski definition) is 0. The predicted octanol–water partition coefficient (Wildman–Crippen LogP) is 1.66. The van der Waals surface area contributed by atoms with E-state index in [9.17, 15) is 29.3 Å². The second kappa shape index (κ2) is 7.06. The molecule has 0 N–H and O–H groups in total. The number of nitrogens with zero attached hydrogens (tertiary/aromatic N) is 2. The quantitative estimate of drug-likeness (QED) is 0.234. The summed E-state index contributed by atoms with van der Waals surface area (Å²) in [5.74, 6) is -2.27. The number of nitro benzene ring substituents is 1. The fourth-order valence-corrected chi connectivity index (χ4v) is 5.01. The lowest BCUT2D eigenvalue weighted by molar-refractivity contribution is -0.385. The van der Waals surface area contributed by atoms with Crippen molar-refractivity contribution in [3.63, 3.8) is 0 Å². The smallest absolute Gasteiger partial charge is 0.326 e. The number of aryl methyl sites for hydroxylation is 1.